The van der Waals surface area contributed by atoms with Crippen LogP contribution in [-0.2, 0) is 15.7 Å². The first kappa shape index (κ1) is 14.1. The molecular formula is C12H12F3NO2. The van der Waals surface area contributed by atoms with E-state index in [1.807, 2.05) is 0 Å². The van der Waals surface area contributed by atoms with Gasteiger partial charge in [-0.3, -0.25) is 4.79 Å². The number of alkyl halides is 3. The van der Waals surface area contributed by atoms with Gasteiger partial charge in [0.1, 0.15) is 0 Å². The third-order valence-corrected chi connectivity index (χ3v) is 2.22. The maximum atomic E-state index is 12.4. The Balaban J connectivity index is 2.84. The van der Waals surface area contributed by atoms with Gasteiger partial charge >= 0.3 is 12.1 Å². The minimum atomic E-state index is -4.41. The summed E-state index contributed by atoms with van der Waals surface area (Å²) in [5, 5.41) is 0. The molecule has 0 radical (unpaired) electrons. The number of rotatable bonds is 3. The highest BCUT2D eigenvalue weighted by Crippen LogP contribution is 2.31. The van der Waals surface area contributed by atoms with E-state index in [2.05, 4.69) is 4.74 Å². The predicted molar refractivity (Wildman–Crippen MR) is 61.5 cm³/mol. The Morgan fingerprint density at radius 3 is 2.61 bits per heavy atom. The molecule has 0 fully saturated rings. The molecule has 1 aromatic carbocycles. The molecule has 0 spiro atoms. The number of carbonyl (C=O) groups is 1. The van der Waals surface area contributed by atoms with E-state index in [4.69, 9.17) is 5.73 Å². The van der Waals surface area contributed by atoms with Crippen molar-refractivity contribution in [1.82, 2.24) is 0 Å². The van der Waals surface area contributed by atoms with Crippen molar-refractivity contribution >= 4 is 17.7 Å². The molecule has 0 amide bonds. The van der Waals surface area contributed by atoms with Gasteiger partial charge in [0.2, 0.25) is 0 Å². The van der Waals surface area contributed by atoms with Crippen LogP contribution < -0.4 is 5.73 Å². The van der Waals surface area contributed by atoms with E-state index in [9.17, 15) is 18.0 Å². The van der Waals surface area contributed by atoms with Gasteiger partial charge in [0.05, 0.1) is 19.1 Å². The molecule has 0 heterocycles. The zero-order valence-corrected chi connectivity index (χ0v) is 9.62. The summed E-state index contributed by atoms with van der Waals surface area (Å²) in [7, 11) is 1.25. The highest BCUT2D eigenvalue weighted by molar-refractivity contribution is 5.74. The lowest BCUT2D eigenvalue weighted by Gasteiger charge is -2.08. The van der Waals surface area contributed by atoms with Crippen LogP contribution in [0.15, 0.2) is 24.3 Å². The van der Waals surface area contributed by atoms with E-state index in [0.29, 0.717) is 5.56 Å². The lowest BCUT2D eigenvalue weighted by Crippen LogP contribution is -2.06. The third kappa shape index (κ3) is 3.80. The summed E-state index contributed by atoms with van der Waals surface area (Å²) in [6, 6.07) is 3.05. The zero-order valence-electron chi connectivity index (χ0n) is 9.62. The van der Waals surface area contributed by atoms with Crippen LogP contribution in [0.3, 0.4) is 0 Å². The van der Waals surface area contributed by atoms with Crippen molar-refractivity contribution in [3.63, 3.8) is 0 Å². The largest absolute Gasteiger partial charge is 0.469 e. The molecular weight excluding hydrogens is 247 g/mol. The molecule has 98 valence electrons. The van der Waals surface area contributed by atoms with Gasteiger partial charge in [-0.15, -0.1) is 0 Å². The van der Waals surface area contributed by atoms with Crippen LogP contribution in [0.2, 0.25) is 0 Å². The molecule has 0 bridgehead atoms. The normalized spacial score (nSPS) is 11.8. The number of anilines is 1. The van der Waals surface area contributed by atoms with E-state index in [-0.39, 0.29) is 12.1 Å². The Kier molecular flexibility index (Phi) is 4.36. The van der Waals surface area contributed by atoms with Crippen molar-refractivity contribution in [3.8, 4) is 0 Å². The second-order valence-corrected chi connectivity index (χ2v) is 3.52. The average Bonchev–Trinajstić information content (AvgIpc) is 2.29. The van der Waals surface area contributed by atoms with Crippen molar-refractivity contribution in [2.24, 2.45) is 0 Å². The molecule has 0 aliphatic rings. The number of benzene rings is 1. The first-order valence-corrected chi connectivity index (χ1v) is 5.04. The number of ether oxygens (including phenoxy) is 1. The fourth-order valence-corrected chi connectivity index (χ4v) is 1.27. The maximum Gasteiger partial charge on any atom is 0.416 e. The van der Waals surface area contributed by atoms with E-state index >= 15 is 0 Å². The molecule has 1 rings (SSSR count). The number of hydrogen-bond donors (Lipinski definition) is 1. The number of hydrogen-bond acceptors (Lipinski definition) is 3. The molecule has 18 heavy (non-hydrogen) atoms. The zero-order chi connectivity index (χ0) is 13.8. The number of methoxy groups -OCH3 is 1. The van der Waals surface area contributed by atoms with Crippen molar-refractivity contribution in [1.29, 1.82) is 0 Å². The maximum absolute atomic E-state index is 12.4. The SMILES string of the molecule is COC(=O)CC=Cc1ccc(C(F)(F)F)cc1N. The minimum absolute atomic E-state index is 0.00550. The molecule has 0 saturated carbocycles. The molecule has 0 saturated heterocycles. The monoisotopic (exact) mass is 259 g/mol. The average molecular weight is 259 g/mol. The number of esters is 1. The highest BCUT2D eigenvalue weighted by atomic mass is 19.4. The van der Waals surface area contributed by atoms with Gasteiger partial charge in [0.15, 0.2) is 0 Å². The predicted octanol–water partition coefficient (Wildman–Crippen LogP) is 2.86. The van der Waals surface area contributed by atoms with Crippen molar-refractivity contribution in [2.75, 3.05) is 12.8 Å². The van der Waals surface area contributed by atoms with Gasteiger partial charge in [-0.05, 0) is 17.7 Å². The summed E-state index contributed by atoms with van der Waals surface area (Å²) in [6.45, 7) is 0. The molecule has 2 N–H and O–H groups in total. The second kappa shape index (κ2) is 5.57. The molecule has 0 aliphatic heterocycles. The summed E-state index contributed by atoms with van der Waals surface area (Å²) >= 11 is 0. The van der Waals surface area contributed by atoms with Crippen LogP contribution in [0, 0.1) is 0 Å². The molecule has 0 aromatic heterocycles. The Hall–Kier alpha value is -1.98. The van der Waals surface area contributed by atoms with Gasteiger partial charge in [-0.1, -0.05) is 18.2 Å². The third-order valence-electron chi connectivity index (χ3n) is 2.22. The van der Waals surface area contributed by atoms with Gasteiger partial charge in [-0.2, -0.15) is 13.2 Å². The summed E-state index contributed by atoms with van der Waals surface area (Å²) in [4.78, 5) is 10.8. The van der Waals surface area contributed by atoms with Crippen LogP contribution in [0.5, 0.6) is 0 Å². The fourth-order valence-electron chi connectivity index (χ4n) is 1.27. The van der Waals surface area contributed by atoms with Gasteiger partial charge in [0, 0.05) is 5.69 Å². The number of nitrogen functional groups attached to an aromatic ring is 1. The molecule has 0 atom stereocenters. The van der Waals surface area contributed by atoms with E-state index in [1.165, 1.54) is 25.3 Å². The Bertz CT molecular complexity index is 467. The smallest absolute Gasteiger partial charge is 0.416 e. The number of halogens is 3. The van der Waals surface area contributed by atoms with Gasteiger partial charge < -0.3 is 10.5 Å². The Morgan fingerprint density at radius 2 is 2.11 bits per heavy atom. The van der Waals surface area contributed by atoms with Gasteiger partial charge in [0.25, 0.3) is 0 Å². The first-order chi connectivity index (χ1) is 8.34. The van der Waals surface area contributed by atoms with E-state index < -0.39 is 17.7 Å². The molecule has 0 unspecified atom stereocenters. The Morgan fingerprint density at radius 1 is 1.44 bits per heavy atom. The van der Waals surface area contributed by atoms with Crippen molar-refractivity contribution in [2.45, 2.75) is 12.6 Å². The molecule has 6 heteroatoms. The van der Waals surface area contributed by atoms with Crippen LogP contribution in [-0.4, -0.2) is 13.1 Å². The van der Waals surface area contributed by atoms with Crippen molar-refractivity contribution in [3.05, 3.63) is 35.4 Å². The fraction of sp³-hybridized carbons (Fsp3) is 0.250. The summed E-state index contributed by atoms with van der Waals surface area (Å²) in [5.41, 5.74) is 5.13. The lowest BCUT2D eigenvalue weighted by atomic mass is 10.1. The summed E-state index contributed by atoms with van der Waals surface area (Å²) in [6.07, 6.45) is -1.42. The standard InChI is InChI=1S/C12H12F3NO2/c1-18-11(17)4-2-3-8-5-6-9(7-10(8)16)12(13,14)15/h2-3,5-7H,4,16H2,1H3. The van der Waals surface area contributed by atoms with Crippen LogP contribution >= 0.6 is 0 Å². The van der Waals surface area contributed by atoms with E-state index in [0.717, 1.165) is 12.1 Å². The van der Waals surface area contributed by atoms with Gasteiger partial charge in [-0.25, -0.2) is 0 Å². The van der Waals surface area contributed by atoms with Crippen LogP contribution in [0.4, 0.5) is 18.9 Å². The topological polar surface area (TPSA) is 52.3 Å². The Labute approximate surface area is 102 Å². The van der Waals surface area contributed by atoms with Crippen LogP contribution in [0.25, 0.3) is 6.08 Å². The quantitative estimate of drug-likeness (QED) is 0.670. The summed E-state index contributed by atoms with van der Waals surface area (Å²) in [5.74, 6) is -0.434. The summed E-state index contributed by atoms with van der Waals surface area (Å²) < 4.78 is 41.5. The van der Waals surface area contributed by atoms with Crippen LogP contribution in [0.1, 0.15) is 17.5 Å². The highest BCUT2D eigenvalue weighted by Gasteiger charge is 2.30. The first-order valence-electron chi connectivity index (χ1n) is 5.04. The minimum Gasteiger partial charge on any atom is -0.469 e. The van der Waals surface area contributed by atoms with Crippen molar-refractivity contribution < 1.29 is 22.7 Å². The second-order valence-electron chi connectivity index (χ2n) is 3.52. The molecule has 1 aromatic rings. The molecule has 3 nitrogen and oxygen atoms in total. The number of nitrogens with two attached hydrogens (primary N) is 1. The van der Waals surface area contributed by atoms with E-state index in [1.54, 1.807) is 0 Å². The number of carbonyl (C=O) groups excluding carboxylic acids is 1. The lowest BCUT2D eigenvalue weighted by molar-refractivity contribution is -0.139. The molecule has 0 aliphatic carbocycles.